The van der Waals surface area contributed by atoms with Gasteiger partial charge >= 0.3 is 0 Å². The van der Waals surface area contributed by atoms with Gasteiger partial charge in [-0.25, -0.2) is 18.7 Å². The molecule has 1 saturated heterocycles. The standard InChI is InChI=1S/C28H25F2N5O2/c1-3-26(36)34-24-13-20-23(14-25(24)37-19-10-11-35(2)15-19)31-16-32-28(20)33-18-7-4-6-17(12-18)27-21(29)8-5-9-22(27)30/h3-9,12-14,16,19H,1,10-11,15H2,2H3,(H,34,36)(H,31,32,33). The SMILES string of the molecule is C=CC(=O)Nc1cc2c(Nc3cccc(-c4c(F)cccc4F)c3)ncnc2cc1OC1CCN(C)C1. The van der Waals surface area contributed by atoms with Crippen molar-refractivity contribution < 1.29 is 18.3 Å². The molecule has 0 radical (unpaired) electrons. The highest BCUT2D eigenvalue weighted by Crippen LogP contribution is 2.35. The molecule has 1 aliphatic heterocycles. The van der Waals surface area contributed by atoms with Crippen LogP contribution in [-0.4, -0.2) is 47.0 Å². The molecule has 1 unspecified atom stereocenters. The summed E-state index contributed by atoms with van der Waals surface area (Å²) in [5, 5.41) is 6.65. The normalized spacial score (nSPS) is 15.5. The van der Waals surface area contributed by atoms with E-state index in [2.05, 4.69) is 32.1 Å². The van der Waals surface area contributed by atoms with E-state index in [1.165, 1.54) is 30.6 Å². The molecule has 1 fully saturated rings. The molecule has 188 valence electrons. The monoisotopic (exact) mass is 501 g/mol. The van der Waals surface area contributed by atoms with Crippen molar-refractivity contribution in [3.05, 3.63) is 85.2 Å². The minimum Gasteiger partial charge on any atom is -0.487 e. The number of carbonyl (C=O) groups is 1. The molecule has 1 aliphatic rings. The van der Waals surface area contributed by atoms with E-state index in [1.54, 1.807) is 36.4 Å². The molecule has 1 atom stereocenters. The number of rotatable bonds is 7. The Bertz CT molecular complexity index is 1470. The molecule has 4 aromatic rings. The summed E-state index contributed by atoms with van der Waals surface area (Å²) in [4.78, 5) is 23.1. The van der Waals surface area contributed by atoms with Gasteiger partial charge in [-0.05, 0) is 55.4 Å². The first kappa shape index (κ1) is 24.3. The van der Waals surface area contributed by atoms with Gasteiger partial charge in [0, 0.05) is 30.2 Å². The van der Waals surface area contributed by atoms with Gasteiger partial charge in [0.2, 0.25) is 5.91 Å². The summed E-state index contributed by atoms with van der Waals surface area (Å²) in [6, 6.07) is 14.0. The van der Waals surface area contributed by atoms with Crippen LogP contribution < -0.4 is 15.4 Å². The number of aromatic nitrogens is 2. The fourth-order valence-electron chi connectivity index (χ4n) is 4.40. The molecule has 5 rings (SSSR count). The molecule has 2 N–H and O–H groups in total. The van der Waals surface area contributed by atoms with Crippen molar-refractivity contribution in [1.29, 1.82) is 0 Å². The lowest BCUT2D eigenvalue weighted by Gasteiger charge is -2.18. The molecule has 0 aliphatic carbocycles. The molecule has 9 heteroatoms. The summed E-state index contributed by atoms with van der Waals surface area (Å²) in [6.45, 7) is 5.24. The van der Waals surface area contributed by atoms with Crippen molar-refractivity contribution in [3.63, 3.8) is 0 Å². The molecular weight excluding hydrogens is 476 g/mol. The van der Waals surface area contributed by atoms with Gasteiger partial charge in [0.05, 0.1) is 16.8 Å². The maximum absolute atomic E-state index is 14.3. The maximum atomic E-state index is 14.3. The summed E-state index contributed by atoms with van der Waals surface area (Å²) >= 11 is 0. The molecule has 0 bridgehead atoms. The van der Waals surface area contributed by atoms with Crippen molar-refractivity contribution in [2.45, 2.75) is 12.5 Å². The Labute approximate surface area is 212 Å². The molecule has 1 aromatic heterocycles. The Morgan fingerprint density at radius 2 is 1.92 bits per heavy atom. The molecule has 1 amide bonds. The van der Waals surface area contributed by atoms with Crippen LogP contribution >= 0.6 is 0 Å². The third kappa shape index (κ3) is 5.26. The number of ether oxygens (including phenoxy) is 1. The summed E-state index contributed by atoms with van der Waals surface area (Å²) in [7, 11) is 2.03. The molecule has 0 saturated carbocycles. The van der Waals surface area contributed by atoms with Gasteiger partial charge in [0.25, 0.3) is 0 Å². The largest absolute Gasteiger partial charge is 0.487 e. The highest BCUT2D eigenvalue weighted by atomic mass is 19.1. The predicted molar refractivity (Wildman–Crippen MR) is 140 cm³/mol. The van der Waals surface area contributed by atoms with Crippen molar-refractivity contribution in [3.8, 4) is 16.9 Å². The van der Waals surface area contributed by atoms with Crippen molar-refractivity contribution in [2.75, 3.05) is 30.8 Å². The summed E-state index contributed by atoms with van der Waals surface area (Å²) in [5.41, 5.74) is 1.92. The highest BCUT2D eigenvalue weighted by Gasteiger charge is 2.23. The van der Waals surface area contributed by atoms with Crippen LogP contribution in [0.3, 0.4) is 0 Å². The van der Waals surface area contributed by atoms with E-state index in [0.29, 0.717) is 39.4 Å². The van der Waals surface area contributed by atoms with Crippen LogP contribution in [0.25, 0.3) is 22.0 Å². The lowest BCUT2D eigenvalue weighted by atomic mass is 10.0. The van der Waals surface area contributed by atoms with E-state index >= 15 is 0 Å². The zero-order chi connectivity index (χ0) is 25.9. The van der Waals surface area contributed by atoms with Gasteiger partial charge in [-0.15, -0.1) is 0 Å². The number of likely N-dealkylation sites (N-methyl/N-ethyl adjacent to an activating group) is 1. The van der Waals surface area contributed by atoms with Crippen LogP contribution in [0.1, 0.15) is 6.42 Å². The number of carbonyl (C=O) groups excluding carboxylic acids is 1. The Morgan fingerprint density at radius 1 is 1.14 bits per heavy atom. The number of amides is 1. The topological polar surface area (TPSA) is 79.4 Å². The number of benzene rings is 3. The first-order valence-corrected chi connectivity index (χ1v) is 11.8. The van der Waals surface area contributed by atoms with Gasteiger partial charge in [0.15, 0.2) is 0 Å². The van der Waals surface area contributed by atoms with Crippen LogP contribution in [0.15, 0.2) is 73.6 Å². The lowest BCUT2D eigenvalue weighted by molar-refractivity contribution is -0.111. The third-order valence-corrected chi connectivity index (χ3v) is 6.20. The molecule has 0 spiro atoms. The zero-order valence-electron chi connectivity index (χ0n) is 20.2. The van der Waals surface area contributed by atoms with Gasteiger partial charge in [-0.3, -0.25) is 4.79 Å². The first-order chi connectivity index (χ1) is 17.9. The first-order valence-electron chi connectivity index (χ1n) is 11.8. The fourth-order valence-corrected chi connectivity index (χ4v) is 4.40. The quantitative estimate of drug-likeness (QED) is 0.325. The molecule has 2 heterocycles. The predicted octanol–water partition coefficient (Wildman–Crippen LogP) is 5.53. The van der Waals surface area contributed by atoms with E-state index in [0.717, 1.165) is 19.5 Å². The minimum absolute atomic E-state index is 0.0113. The van der Waals surface area contributed by atoms with E-state index in [4.69, 9.17) is 4.74 Å². The second-order valence-electron chi connectivity index (χ2n) is 8.87. The Kier molecular flexibility index (Phi) is 6.78. The van der Waals surface area contributed by atoms with Gasteiger partial charge in [-0.2, -0.15) is 0 Å². The summed E-state index contributed by atoms with van der Waals surface area (Å²) < 4.78 is 34.9. The smallest absolute Gasteiger partial charge is 0.247 e. The number of fused-ring (bicyclic) bond motifs is 1. The molecule has 3 aromatic carbocycles. The number of hydrogen-bond donors (Lipinski definition) is 2. The zero-order valence-corrected chi connectivity index (χ0v) is 20.2. The third-order valence-electron chi connectivity index (χ3n) is 6.20. The van der Waals surface area contributed by atoms with Crippen LogP contribution in [-0.2, 0) is 4.79 Å². The van der Waals surface area contributed by atoms with E-state index in [1.807, 2.05) is 7.05 Å². The molecular formula is C28H25F2N5O2. The second-order valence-corrected chi connectivity index (χ2v) is 8.87. The number of likely N-dealkylation sites (tertiary alicyclic amines) is 1. The number of halogens is 2. The van der Waals surface area contributed by atoms with Crippen LogP contribution in [0, 0.1) is 11.6 Å². The molecule has 7 nitrogen and oxygen atoms in total. The summed E-state index contributed by atoms with van der Waals surface area (Å²) in [5.74, 6) is -0.706. The minimum atomic E-state index is -0.645. The Morgan fingerprint density at radius 3 is 2.65 bits per heavy atom. The highest BCUT2D eigenvalue weighted by molar-refractivity contribution is 6.03. The van der Waals surface area contributed by atoms with Crippen molar-refractivity contribution >= 4 is 34.0 Å². The average molecular weight is 502 g/mol. The fraction of sp³-hybridized carbons (Fsp3) is 0.179. The number of nitrogens with zero attached hydrogens (tertiary/aromatic N) is 3. The number of anilines is 3. The van der Waals surface area contributed by atoms with Gasteiger partial charge in [0.1, 0.15) is 35.6 Å². The summed E-state index contributed by atoms with van der Waals surface area (Å²) in [6.07, 6.45) is 3.47. The van der Waals surface area contributed by atoms with Crippen LogP contribution in [0.5, 0.6) is 5.75 Å². The molecule has 37 heavy (non-hydrogen) atoms. The van der Waals surface area contributed by atoms with E-state index in [-0.39, 0.29) is 17.6 Å². The van der Waals surface area contributed by atoms with Crippen molar-refractivity contribution in [1.82, 2.24) is 14.9 Å². The van der Waals surface area contributed by atoms with Gasteiger partial charge in [-0.1, -0.05) is 24.8 Å². The number of hydrogen-bond acceptors (Lipinski definition) is 6. The Hall–Kier alpha value is -4.37. The number of nitrogens with one attached hydrogen (secondary N) is 2. The maximum Gasteiger partial charge on any atom is 0.247 e. The average Bonchev–Trinajstić information content (AvgIpc) is 3.29. The van der Waals surface area contributed by atoms with E-state index < -0.39 is 11.6 Å². The van der Waals surface area contributed by atoms with E-state index in [9.17, 15) is 13.6 Å². The van der Waals surface area contributed by atoms with Gasteiger partial charge < -0.3 is 20.3 Å². The van der Waals surface area contributed by atoms with Crippen LogP contribution in [0.4, 0.5) is 26.0 Å². The second kappa shape index (κ2) is 10.3. The lowest BCUT2D eigenvalue weighted by Crippen LogP contribution is -2.22. The Balaban J connectivity index is 1.51. The van der Waals surface area contributed by atoms with Crippen molar-refractivity contribution in [2.24, 2.45) is 0 Å². The van der Waals surface area contributed by atoms with Crippen LogP contribution in [0.2, 0.25) is 0 Å².